The van der Waals surface area contributed by atoms with Crippen LogP contribution in [0.2, 0.25) is 0 Å². The van der Waals surface area contributed by atoms with Gasteiger partial charge in [0, 0.05) is 28.9 Å². The summed E-state index contributed by atoms with van der Waals surface area (Å²) >= 11 is 0. The van der Waals surface area contributed by atoms with Crippen molar-refractivity contribution < 1.29 is 5.11 Å². The Kier molecular flexibility index (Phi) is 4.40. The molecule has 5 rings (SSSR count). The Morgan fingerprint density at radius 2 is 1.89 bits per heavy atom. The van der Waals surface area contributed by atoms with Gasteiger partial charge in [0.2, 0.25) is 0 Å². The van der Waals surface area contributed by atoms with E-state index in [2.05, 4.69) is 45.7 Å². The Morgan fingerprint density at radius 3 is 2.75 bits per heavy atom. The van der Waals surface area contributed by atoms with Crippen LogP contribution in [0.15, 0.2) is 36.4 Å². The van der Waals surface area contributed by atoms with Gasteiger partial charge in [0.15, 0.2) is 5.82 Å². The summed E-state index contributed by atoms with van der Waals surface area (Å²) in [4.78, 5) is 2.35. The third-order valence-corrected chi connectivity index (χ3v) is 6.16. The monoisotopic (exact) mass is 374 g/mol. The molecule has 0 radical (unpaired) electrons. The standard InChI is InChI=1S/C23H26N4O/c1-27-13-5-7-16(14-27)24-23-19-9-3-2-8-18(19)21(25-26-23)20-12-11-15-6-4-10-17(15)22(20)28/h2-3,8-9,11-12,16,28H,4-7,10,13-14H2,1H3,(H,24,26)/t16-/m1/s1. The molecular weight excluding hydrogens is 348 g/mol. The minimum absolute atomic E-state index is 0.379. The predicted molar refractivity (Wildman–Crippen MR) is 113 cm³/mol. The Hall–Kier alpha value is -2.66. The number of benzene rings is 2. The van der Waals surface area contributed by atoms with Crippen molar-refractivity contribution in [3.05, 3.63) is 47.5 Å². The van der Waals surface area contributed by atoms with Crippen LogP contribution in [0.1, 0.15) is 30.4 Å². The summed E-state index contributed by atoms with van der Waals surface area (Å²) in [7, 11) is 2.16. The smallest absolute Gasteiger partial charge is 0.156 e. The number of aromatic nitrogens is 2. The maximum atomic E-state index is 10.9. The largest absolute Gasteiger partial charge is 0.507 e. The Balaban J connectivity index is 1.57. The van der Waals surface area contributed by atoms with Gasteiger partial charge in [0.1, 0.15) is 11.4 Å². The van der Waals surface area contributed by atoms with Gasteiger partial charge in [-0.15, -0.1) is 10.2 Å². The molecule has 28 heavy (non-hydrogen) atoms. The Labute approximate surface area is 165 Å². The number of hydrogen-bond acceptors (Lipinski definition) is 5. The van der Waals surface area contributed by atoms with Crippen LogP contribution in [0.4, 0.5) is 5.82 Å². The van der Waals surface area contributed by atoms with Crippen LogP contribution in [0.3, 0.4) is 0 Å². The van der Waals surface area contributed by atoms with Crippen molar-refractivity contribution in [1.29, 1.82) is 0 Å². The van der Waals surface area contributed by atoms with E-state index in [9.17, 15) is 5.11 Å². The van der Waals surface area contributed by atoms with Gasteiger partial charge < -0.3 is 15.3 Å². The normalized spacial score (nSPS) is 19.7. The Bertz CT molecular complexity index is 1030. The molecule has 1 fully saturated rings. The minimum Gasteiger partial charge on any atom is -0.507 e. The van der Waals surface area contributed by atoms with E-state index in [1.807, 2.05) is 18.2 Å². The molecule has 2 aliphatic rings. The van der Waals surface area contributed by atoms with Gasteiger partial charge in [-0.25, -0.2) is 0 Å². The van der Waals surface area contributed by atoms with E-state index in [0.29, 0.717) is 11.8 Å². The summed E-state index contributed by atoms with van der Waals surface area (Å²) in [6.45, 7) is 2.17. The minimum atomic E-state index is 0.379. The lowest BCUT2D eigenvalue weighted by Gasteiger charge is -2.30. The molecular formula is C23H26N4O. The van der Waals surface area contributed by atoms with Gasteiger partial charge in [0.05, 0.1) is 0 Å². The van der Waals surface area contributed by atoms with Crippen LogP contribution in [0.5, 0.6) is 5.75 Å². The molecule has 0 unspecified atom stereocenters. The molecule has 2 N–H and O–H groups in total. The molecule has 2 heterocycles. The highest BCUT2D eigenvalue weighted by atomic mass is 16.3. The summed E-state index contributed by atoms with van der Waals surface area (Å²) in [6, 6.07) is 12.7. The highest BCUT2D eigenvalue weighted by molar-refractivity contribution is 6.01. The third kappa shape index (κ3) is 3.00. The van der Waals surface area contributed by atoms with Crippen molar-refractivity contribution in [2.45, 2.75) is 38.1 Å². The lowest BCUT2D eigenvalue weighted by Crippen LogP contribution is -2.40. The van der Waals surface area contributed by atoms with E-state index in [-0.39, 0.29) is 0 Å². The molecule has 1 aliphatic carbocycles. The van der Waals surface area contributed by atoms with Gasteiger partial charge in [-0.3, -0.25) is 0 Å². The average Bonchev–Trinajstić information content (AvgIpc) is 3.19. The molecule has 144 valence electrons. The van der Waals surface area contributed by atoms with E-state index in [1.165, 1.54) is 12.0 Å². The molecule has 0 spiro atoms. The van der Waals surface area contributed by atoms with Gasteiger partial charge in [0.25, 0.3) is 0 Å². The van der Waals surface area contributed by atoms with Crippen molar-refractivity contribution in [3.63, 3.8) is 0 Å². The number of aromatic hydroxyl groups is 1. The number of aryl methyl sites for hydroxylation is 1. The van der Waals surface area contributed by atoms with Gasteiger partial charge in [-0.05, 0) is 62.9 Å². The van der Waals surface area contributed by atoms with Crippen LogP contribution < -0.4 is 5.32 Å². The van der Waals surface area contributed by atoms with Crippen LogP contribution in [-0.4, -0.2) is 46.4 Å². The number of likely N-dealkylation sites (N-methyl/N-ethyl adjacent to an activating group) is 1. The molecule has 0 bridgehead atoms. The van der Waals surface area contributed by atoms with Gasteiger partial charge in [-0.2, -0.15) is 0 Å². The van der Waals surface area contributed by atoms with Crippen LogP contribution in [0, 0.1) is 0 Å². The van der Waals surface area contributed by atoms with Crippen LogP contribution >= 0.6 is 0 Å². The summed E-state index contributed by atoms with van der Waals surface area (Å²) in [5.74, 6) is 1.21. The number of phenolic OH excluding ortho intramolecular Hbond substituents is 1. The van der Waals surface area contributed by atoms with E-state index in [0.717, 1.165) is 72.2 Å². The second-order valence-corrected chi connectivity index (χ2v) is 8.14. The number of rotatable bonds is 3. The number of nitrogens with zero attached hydrogens (tertiary/aromatic N) is 3. The van der Waals surface area contributed by atoms with E-state index in [4.69, 9.17) is 0 Å². The molecule has 1 aromatic heterocycles. The number of piperidine rings is 1. The number of fused-ring (bicyclic) bond motifs is 2. The summed E-state index contributed by atoms with van der Waals surface area (Å²) in [5, 5.41) is 25.7. The summed E-state index contributed by atoms with van der Waals surface area (Å²) < 4.78 is 0. The van der Waals surface area contributed by atoms with Crippen LogP contribution in [-0.2, 0) is 12.8 Å². The number of anilines is 1. The van der Waals surface area contributed by atoms with Crippen molar-refractivity contribution >= 4 is 16.6 Å². The van der Waals surface area contributed by atoms with Crippen LogP contribution in [0.25, 0.3) is 22.0 Å². The molecule has 5 nitrogen and oxygen atoms in total. The van der Waals surface area contributed by atoms with E-state index >= 15 is 0 Å². The van der Waals surface area contributed by atoms with Gasteiger partial charge >= 0.3 is 0 Å². The fraction of sp³-hybridized carbons (Fsp3) is 0.391. The second-order valence-electron chi connectivity index (χ2n) is 8.14. The van der Waals surface area contributed by atoms with Crippen molar-refractivity contribution in [2.24, 2.45) is 0 Å². The zero-order chi connectivity index (χ0) is 19.1. The number of hydrogen-bond donors (Lipinski definition) is 2. The topological polar surface area (TPSA) is 61.3 Å². The van der Waals surface area contributed by atoms with E-state index in [1.54, 1.807) is 0 Å². The number of nitrogens with one attached hydrogen (secondary N) is 1. The molecule has 5 heteroatoms. The predicted octanol–water partition coefficient (Wildman–Crippen LogP) is 4.00. The molecule has 0 saturated carbocycles. The molecule has 0 amide bonds. The highest BCUT2D eigenvalue weighted by Crippen LogP contribution is 2.40. The molecule has 3 aromatic rings. The first-order valence-corrected chi connectivity index (χ1v) is 10.3. The quantitative estimate of drug-likeness (QED) is 0.726. The zero-order valence-electron chi connectivity index (χ0n) is 16.3. The second kappa shape index (κ2) is 7.06. The maximum Gasteiger partial charge on any atom is 0.156 e. The third-order valence-electron chi connectivity index (χ3n) is 6.16. The lowest BCUT2D eigenvalue weighted by atomic mass is 9.99. The molecule has 1 aliphatic heterocycles. The average molecular weight is 374 g/mol. The van der Waals surface area contributed by atoms with Gasteiger partial charge in [-0.1, -0.05) is 30.3 Å². The maximum absolute atomic E-state index is 10.9. The zero-order valence-corrected chi connectivity index (χ0v) is 16.3. The molecule has 1 saturated heterocycles. The van der Waals surface area contributed by atoms with E-state index < -0.39 is 0 Å². The SMILES string of the molecule is CN1CCC[C@@H](Nc2nnc(-c3ccc4c(c3O)CCC4)c3ccccc23)C1. The Morgan fingerprint density at radius 1 is 1.04 bits per heavy atom. The van der Waals surface area contributed by atoms with Crippen molar-refractivity contribution in [3.8, 4) is 17.0 Å². The number of likely N-dealkylation sites (tertiary alicyclic amines) is 1. The number of phenols is 1. The highest BCUT2D eigenvalue weighted by Gasteiger charge is 2.22. The lowest BCUT2D eigenvalue weighted by molar-refractivity contribution is 0.261. The summed E-state index contributed by atoms with van der Waals surface area (Å²) in [5.41, 5.74) is 3.89. The first kappa shape index (κ1) is 17.4. The fourth-order valence-electron chi connectivity index (χ4n) is 4.72. The molecule has 1 atom stereocenters. The van der Waals surface area contributed by atoms with Crippen molar-refractivity contribution in [2.75, 3.05) is 25.5 Å². The first-order valence-electron chi connectivity index (χ1n) is 10.3. The summed E-state index contributed by atoms with van der Waals surface area (Å²) in [6.07, 6.45) is 5.44. The molecule has 2 aromatic carbocycles. The van der Waals surface area contributed by atoms with Crippen molar-refractivity contribution in [1.82, 2.24) is 15.1 Å². The first-order chi connectivity index (χ1) is 13.7. The fourth-order valence-corrected chi connectivity index (χ4v) is 4.72.